The maximum atomic E-state index is 14.5. The van der Waals surface area contributed by atoms with Crippen molar-refractivity contribution in [3.8, 4) is 11.1 Å². The van der Waals surface area contributed by atoms with E-state index in [0.717, 1.165) is 60.1 Å². The number of fused-ring (bicyclic) bond motifs is 3. The minimum atomic E-state index is -3.79. The molecule has 2 aliphatic rings. The maximum absolute atomic E-state index is 14.5. The first kappa shape index (κ1) is 28.5. The van der Waals surface area contributed by atoms with Crippen molar-refractivity contribution in [1.29, 1.82) is 0 Å². The molecule has 1 N–H and O–H groups in total. The van der Waals surface area contributed by atoms with Gasteiger partial charge in [-0.15, -0.1) is 0 Å². The molecule has 38 heavy (non-hydrogen) atoms. The van der Waals surface area contributed by atoms with Gasteiger partial charge in [-0.25, -0.2) is 4.79 Å². The van der Waals surface area contributed by atoms with Gasteiger partial charge in [0.05, 0.1) is 25.0 Å². The zero-order chi connectivity index (χ0) is 27.3. The minimum Gasteiger partial charge on any atom is -0.444 e. The van der Waals surface area contributed by atoms with Crippen LogP contribution in [0, 0.1) is 5.92 Å². The van der Waals surface area contributed by atoms with E-state index in [-0.39, 0.29) is 19.1 Å². The van der Waals surface area contributed by atoms with Crippen LogP contribution in [-0.2, 0) is 18.3 Å². The van der Waals surface area contributed by atoms with Crippen LogP contribution in [0.2, 0.25) is 0 Å². The smallest absolute Gasteiger partial charge is 0.407 e. The summed E-state index contributed by atoms with van der Waals surface area (Å²) in [6.45, 7) is 9.50. The van der Waals surface area contributed by atoms with Gasteiger partial charge in [-0.3, -0.25) is 9.56 Å². The first-order valence-electron chi connectivity index (χ1n) is 13.8. The monoisotopic (exact) mass is 540 g/mol. The molecule has 0 radical (unpaired) electrons. The van der Waals surface area contributed by atoms with E-state index in [1.165, 1.54) is 0 Å². The number of rotatable bonds is 9. The molecule has 8 heteroatoms. The standard InChI is InChI=1S/C30H41N2O5P/c1-6-35-38(34,36-7-2)28(26(21-15-9-8-10-16-21)32-29(33)37-30(3,4)5)31-27-24-19-13-11-17-22(24)23-18-12-14-20-25(23)27/h11-14,17-21,26,28H,6-10,15-16H2,1-5H3,(H,32,33)/t26-,28-/m1/s1. The van der Waals surface area contributed by atoms with Crippen LogP contribution in [0.15, 0.2) is 53.5 Å². The number of carbonyl (C=O) groups excluding carboxylic acids is 1. The fraction of sp³-hybridized carbons (Fsp3) is 0.533. The summed E-state index contributed by atoms with van der Waals surface area (Å²) >= 11 is 0. The number of ether oxygens (including phenoxy) is 1. The molecule has 0 heterocycles. The fourth-order valence-corrected chi connectivity index (χ4v) is 7.60. The number of benzene rings is 2. The number of nitrogens with zero attached hydrogens (tertiary/aromatic N) is 1. The third-order valence-corrected chi connectivity index (χ3v) is 9.34. The molecule has 2 atom stereocenters. The van der Waals surface area contributed by atoms with Gasteiger partial charge in [-0.05, 0) is 64.5 Å². The van der Waals surface area contributed by atoms with E-state index in [4.69, 9.17) is 18.8 Å². The lowest BCUT2D eigenvalue weighted by Crippen LogP contribution is -2.50. The van der Waals surface area contributed by atoms with Crippen molar-refractivity contribution in [2.75, 3.05) is 13.2 Å². The SMILES string of the molecule is CCOP(=O)(OCC)[C@@H](N=C1c2ccccc2-c2ccccc21)[C@H](NC(=O)OC(C)(C)C)C1CCCCC1. The van der Waals surface area contributed by atoms with Crippen LogP contribution in [0.4, 0.5) is 4.79 Å². The highest BCUT2D eigenvalue weighted by molar-refractivity contribution is 7.54. The summed E-state index contributed by atoms with van der Waals surface area (Å²) in [4.78, 5) is 18.4. The molecule has 1 saturated carbocycles. The van der Waals surface area contributed by atoms with Gasteiger partial charge >= 0.3 is 13.7 Å². The predicted molar refractivity (Wildman–Crippen MR) is 152 cm³/mol. The van der Waals surface area contributed by atoms with E-state index < -0.39 is 31.1 Å². The summed E-state index contributed by atoms with van der Waals surface area (Å²) in [5.74, 6) is -0.876. The van der Waals surface area contributed by atoms with Gasteiger partial charge in [0.15, 0.2) is 5.78 Å². The number of alkyl carbamates (subject to hydrolysis) is 1. The van der Waals surface area contributed by atoms with Crippen molar-refractivity contribution in [3.05, 3.63) is 59.7 Å². The number of nitrogens with one attached hydrogen (secondary N) is 1. The molecule has 1 amide bonds. The van der Waals surface area contributed by atoms with Crippen LogP contribution in [0.25, 0.3) is 11.1 Å². The quantitative estimate of drug-likeness (QED) is 0.283. The lowest BCUT2D eigenvalue weighted by Gasteiger charge is -2.37. The molecule has 2 aliphatic carbocycles. The molecular weight excluding hydrogens is 499 g/mol. The molecule has 0 aliphatic heterocycles. The lowest BCUT2D eigenvalue weighted by atomic mass is 9.83. The zero-order valence-electron chi connectivity index (χ0n) is 23.2. The largest absolute Gasteiger partial charge is 0.444 e. The second-order valence-electron chi connectivity index (χ2n) is 10.9. The molecule has 0 bridgehead atoms. The first-order valence-corrected chi connectivity index (χ1v) is 15.4. The van der Waals surface area contributed by atoms with Gasteiger partial charge < -0.3 is 19.1 Å². The van der Waals surface area contributed by atoms with Crippen molar-refractivity contribution in [2.45, 2.75) is 84.1 Å². The molecule has 2 aromatic carbocycles. The number of carbonyl (C=O) groups is 1. The van der Waals surface area contributed by atoms with Crippen LogP contribution in [0.3, 0.4) is 0 Å². The molecule has 1 fully saturated rings. The molecule has 206 valence electrons. The van der Waals surface area contributed by atoms with Crippen LogP contribution >= 0.6 is 7.60 Å². The Morgan fingerprint density at radius 3 is 1.89 bits per heavy atom. The van der Waals surface area contributed by atoms with Crippen molar-refractivity contribution in [2.24, 2.45) is 10.9 Å². The molecule has 0 spiro atoms. The molecule has 0 aromatic heterocycles. The van der Waals surface area contributed by atoms with E-state index in [2.05, 4.69) is 17.4 Å². The van der Waals surface area contributed by atoms with Gasteiger partial charge in [-0.2, -0.15) is 0 Å². The highest BCUT2D eigenvalue weighted by atomic mass is 31.2. The first-order chi connectivity index (χ1) is 18.2. The summed E-state index contributed by atoms with van der Waals surface area (Å²) in [5, 5.41) is 3.09. The Kier molecular flexibility index (Phi) is 9.12. The molecule has 4 rings (SSSR count). The number of hydrogen-bond donors (Lipinski definition) is 1. The van der Waals surface area contributed by atoms with E-state index in [1.807, 2.05) is 57.2 Å². The van der Waals surface area contributed by atoms with E-state index >= 15 is 0 Å². The summed E-state index contributed by atoms with van der Waals surface area (Å²) in [7, 11) is -3.79. The van der Waals surface area contributed by atoms with Gasteiger partial charge in [-0.1, -0.05) is 67.8 Å². The Balaban J connectivity index is 1.88. The number of amides is 1. The van der Waals surface area contributed by atoms with Gasteiger partial charge in [0.25, 0.3) is 0 Å². The maximum Gasteiger partial charge on any atom is 0.407 e. The second kappa shape index (κ2) is 12.1. The van der Waals surface area contributed by atoms with Gasteiger partial charge in [0, 0.05) is 11.1 Å². The van der Waals surface area contributed by atoms with Crippen molar-refractivity contribution >= 4 is 19.4 Å². The van der Waals surface area contributed by atoms with E-state index in [1.54, 1.807) is 13.8 Å². The Morgan fingerprint density at radius 2 is 1.42 bits per heavy atom. The van der Waals surface area contributed by atoms with Crippen molar-refractivity contribution in [3.63, 3.8) is 0 Å². The Labute approximate surface area is 226 Å². The van der Waals surface area contributed by atoms with Crippen molar-refractivity contribution < 1.29 is 23.1 Å². The zero-order valence-corrected chi connectivity index (χ0v) is 24.1. The minimum absolute atomic E-state index is 0.0618. The van der Waals surface area contributed by atoms with Crippen molar-refractivity contribution in [1.82, 2.24) is 5.32 Å². The van der Waals surface area contributed by atoms with Gasteiger partial charge in [0.1, 0.15) is 5.60 Å². The summed E-state index contributed by atoms with van der Waals surface area (Å²) in [6, 6.07) is 15.6. The molecule has 2 aromatic rings. The average Bonchev–Trinajstić information content (AvgIpc) is 3.19. The third-order valence-electron chi connectivity index (χ3n) is 7.02. The highest BCUT2D eigenvalue weighted by Gasteiger charge is 2.46. The summed E-state index contributed by atoms with van der Waals surface area (Å²) < 4.78 is 32.0. The molecule has 0 unspecified atom stereocenters. The third kappa shape index (κ3) is 6.39. The highest BCUT2D eigenvalue weighted by Crippen LogP contribution is 2.57. The van der Waals surface area contributed by atoms with Gasteiger partial charge in [0.2, 0.25) is 0 Å². The van der Waals surface area contributed by atoms with Crippen LogP contribution in [0.1, 0.15) is 77.8 Å². The fourth-order valence-electron chi connectivity index (χ4n) is 5.54. The topological polar surface area (TPSA) is 86.2 Å². The molecule has 7 nitrogen and oxygen atoms in total. The van der Waals surface area contributed by atoms with Crippen LogP contribution < -0.4 is 5.32 Å². The van der Waals surface area contributed by atoms with Crippen LogP contribution in [0.5, 0.6) is 0 Å². The number of aliphatic imine (C=N–C) groups is 1. The predicted octanol–water partition coefficient (Wildman–Crippen LogP) is 7.57. The average molecular weight is 541 g/mol. The molecule has 0 saturated heterocycles. The second-order valence-corrected chi connectivity index (χ2v) is 13.1. The Morgan fingerprint density at radius 1 is 0.921 bits per heavy atom. The summed E-state index contributed by atoms with van der Waals surface area (Å²) in [6.07, 6.45) is 4.47. The van der Waals surface area contributed by atoms with E-state index in [9.17, 15) is 9.36 Å². The lowest BCUT2D eigenvalue weighted by molar-refractivity contribution is 0.0471. The van der Waals surface area contributed by atoms with Crippen LogP contribution in [-0.4, -0.2) is 42.4 Å². The Bertz CT molecular complexity index is 1140. The molecular formula is C30H41N2O5P. The Hall–Kier alpha value is -2.47. The summed E-state index contributed by atoms with van der Waals surface area (Å²) in [5.41, 5.74) is 4.17. The van der Waals surface area contributed by atoms with E-state index in [0.29, 0.717) is 0 Å². The number of hydrogen-bond acceptors (Lipinski definition) is 6. The normalized spacial score (nSPS) is 17.3.